The van der Waals surface area contributed by atoms with Crippen LogP contribution in [-0.2, 0) is 11.3 Å². The Bertz CT molecular complexity index is 437. The van der Waals surface area contributed by atoms with Gasteiger partial charge in [0, 0.05) is 19.0 Å². The second-order valence-electron chi connectivity index (χ2n) is 5.98. The van der Waals surface area contributed by atoms with Crippen molar-refractivity contribution in [3.63, 3.8) is 0 Å². The van der Waals surface area contributed by atoms with E-state index in [4.69, 9.17) is 10.5 Å². The molecule has 1 unspecified atom stereocenters. The fourth-order valence-corrected chi connectivity index (χ4v) is 2.63. The first-order valence-electron chi connectivity index (χ1n) is 7.91. The van der Waals surface area contributed by atoms with Crippen molar-refractivity contribution in [2.45, 2.75) is 64.1 Å². The summed E-state index contributed by atoms with van der Waals surface area (Å²) in [6.07, 6.45) is 6.94. The number of nitrogens with one attached hydrogen (secondary N) is 1. The number of rotatable bonds is 6. The minimum atomic E-state index is -0.101. The van der Waals surface area contributed by atoms with Crippen molar-refractivity contribution in [1.29, 1.82) is 0 Å². The van der Waals surface area contributed by atoms with E-state index in [1.165, 1.54) is 19.3 Å². The van der Waals surface area contributed by atoms with Gasteiger partial charge in [-0.05, 0) is 50.3 Å². The van der Waals surface area contributed by atoms with E-state index in [0.717, 1.165) is 24.2 Å². The van der Waals surface area contributed by atoms with Gasteiger partial charge in [-0.3, -0.25) is 4.79 Å². The third-order valence-corrected chi connectivity index (χ3v) is 3.78. The molecule has 4 heteroatoms. The maximum absolute atomic E-state index is 11.5. The topological polar surface area (TPSA) is 64.4 Å². The van der Waals surface area contributed by atoms with Crippen molar-refractivity contribution in [2.24, 2.45) is 5.73 Å². The SMILES string of the molecule is CC(N)CC(=O)NCc1ccc(OC2CCCCC2)cc1. The molecule has 1 aromatic carbocycles. The lowest BCUT2D eigenvalue weighted by Crippen LogP contribution is -2.29. The maximum Gasteiger partial charge on any atom is 0.221 e. The van der Waals surface area contributed by atoms with Crippen molar-refractivity contribution in [1.82, 2.24) is 5.32 Å². The number of hydrogen-bond acceptors (Lipinski definition) is 3. The van der Waals surface area contributed by atoms with E-state index in [1.807, 2.05) is 31.2 Å². The number of nitrogens with two attached hydrogens (primary N) is 1. The molecule has 21 heavy (non-hydrogen) atoms. The normalized spacial score (nSPS) is 17.2. The summed E-state index contributed by atoms with van der Waals surface area (Å²) in [7, 11) is 0. The molecule has 0 spiro atoms. The van der Waals surface area contributed by atoms with Crippen molar-refractivity contribution in [3.05, 3.63) is 29.8 Å². The van der Waals surface area contributed by atoms with Crippen LogP contribution >= 0.6 is 0 Å². The number of ether oxygens (including phenoxy) is 1. The zero-order valence-electron chi connectivity index (χ0n) is 12.8. The molecule has 3 N–H and O–H groups in total. The molecule has 0 saturated heterocycles. The summed E-state index contributed by atoms with van der Waals surface area (Å²) in [6.45, 7) is 2.37. The van der Waals surface area contributed by atoms with Crippen LogP contribution in [0.3, 0.4) is 0 Å². The zero-order valence-corrected chi connectivity index (χ0v) is 12.8. The van der Waals surface area contributed by atoms with Crippen LogP contribution in [0, 0.1) is 0 Å². The average molecular weight is 290 g/mol. The Morgan fingerprint density at radius 3 is 2.57 bits per heavy atom. The molecule has 0 aromatic heterocycles. The van der Waals surface area contributed by atoms with Crippen LogP contribution in [0.4, 0.5) is 0 Å². The first-order valence-corrected chi connectivity index (χ1v) is 7.91. The molecule has 2 rings (SSSR count). The molecule has 0 heterocycles. The van der Waals surface area contributed by atoms with Gasteiger partial charge in [-0.2, -0.15) is 0 Å². The Labute approximate surface area is 127 Å². The van der Waals surface area contributed by atoms with Gasteiger partial charge in [0.2, 0.25) is 5.91 Å². The quantitative estimate of drug-likeness (QED) is 0.846. The van der Waals surface area contributed by atoms with Crippen molar-refractivity contribution in [3.8, 4) is 5.75 Å². The monoisotopic (exact) mass is 290 g/mol. The molecule has 1 aromatic rings. The lowest BCUT2D eigenvalue weighted by atomic mass is 9.98. The second-order valence-corrected chi connectivity index (χ2v) is 5.98. The average Bonchev–Trinajstić information content (AvgIpc) is 2.47. The Kier molecular flexibility index (Phi) is 6.05. The minimum absolute atomic E-state index is 0.00691. The Hall–Kier alpha value is -1.55. The molecule has 0 radical (unpaired) electrons. The molecule has 4 nitrogen and oxygen atoms in total. The highest BCUT2D eigenvalue weighted by Crippen LogP contribution is 2.23. The van der Waals surface area contributed by atoms with Crippen molar-refractivity contribution < 1.29 is 9.53 Å². The molecule has 0 bridgehead atoms. The third-order valence-electron chi connectivity index (χ3n) is 3.78. The smallest absolute Gasteiger partial charge is 0.221 e. The number of carbonyl (C=O) groups excluding carboxylic acids is 1. The molecule has 1 amide bonds. The molecule has 1 atom stereocenters. The first kappa shape index (κ1) is 15.8. The van der Waals surface area contributed by atoms with Crippen molar-refractivity contribution >= 4 is 5.91 Å². The van der Waals surface area contributed by atoms with Gasteiger partial charge in [-0.15, -0.1) is 0 Å². The Balaban J connectivity index is 1.77. The standard InChI is InChI=1S/C17H26N2O2/c1-13(18)11-17(20)19-12-14-7-9-16(10-8-14)21-15-5-3-2-4-6-15/h7-10,13,15H,2-6,11-12,18H2,1H3,(H,19,20). The predicted octanol–water partition coefficient (Wildman–Crippen LogP) is 2.75. The Morgan fingerprint density at radius 2 is 1.95 bits per heavy atom. The minimum Gasteiger partial charge on any atom is -0.490 e. The summed E-state index contributed by atoms with van der Waals surface area (Å²) in [4.78, 5) is 11.5. The summed E-state index contributed by atoms with van der Waals surface area (Å²) in [6, 6.07) is 7.88. The van der Waals surface area contributed by atoms with E-state index in [9.17, 15) is 4.79 Å². The maximum atomic E-state index is 11.5. The van der Waals surface area contributed by atoms with Crippen LogP contribution < -0.4 is 15.8 Å². The van der Waals surface area contributed by atoms with Crippen LogP contribution in [0.1, 0.15) is 51.0 Å². The number of benzene rings is 1. The lowest BCUT2D eigenvalue weighted by molar-refractivity contribution is -0.121. The van der Waals surface area contributed by atoms with E-state index in [1.54, 1.807) is 0 Å². The largest absolute Gasteiger partial charge is 0.490 e. The van der Waals surface area contributed by atoms with Gasteiger partial charge in [0.15, 0.2) is 0 Å². The fraction of sp³-hybridized carbons (Fsp3) is 0.588. The number of amides is 1. The molecule has 116 valence electrons. The third kappa shape index (κ3) is 5.76. The van der Waals surface area contributed by atoms with Gasteiger partial charge in [-0.1, -0.05) is 18.6 Å². The highest BCUT2D eigenvalue weighted by atomic mass is 16.5. The summed E-state index contributed by atoms with van der Waals surface area (Å²) < 4.78 is 5.98. The van der Waals surface area contributed by atoms with Gasteiger partial charge in [0.1, 0.15) is 5.75 Å². The number of hydrogen-bond donors (Lipinski definition) is 2. The molecular weight excluding hydrogens is 264 g/mol. The van der Waals surface area contributed by atoms with Gasteiger partial charge >= 0.3 is 0 Å². The van der Waals surface area contributed by atoms with Crippen LogP contribution in [0.2, 0.25) is 0 Å². The zero-order chi connectivity index (χ0) is 15.1. The summed E-state index contributed by atoms with van der Waals surface area (Å²) in [5, 5.41) is 2.87. The highest BCUT2D eigenvalue weighted by molar-refractivity contribution is 5.76. The molecule has 1 aliphatic carbocycles. The molecule has 1 saturated carbocycles. The van der Waals surface area contributed by atoms with E-state index in [-0.39, 0.29) is 11.9 Å². The van der Waals surface area contributed by atoms with E-state index >= 15 is 0 Å². The summed E-state index contributed by atoms with van der Waals surface area (Å²) >= 11 is 0. The van der Waals surface area contributed by atoms with E-state index < -0.39 is 0 Å². The summed E-state index contributed by atoms with van der Waals surface area (Å²) in [5.41, 5.74) is 6.67. The Morgan fingerprint density at radius 1 is 1.29 bits per heavy atom. The molecular formula is C17H26N2O2. The summed E-state index contributed by atoms with van der Waals surface area (Å²) in [5.74, 6) is 0.917. The molecule has 0 aliphatic heterocycles. The fourth-order valence-electron chi connectivity index (χ4n) is 2.63. The first-order chi connectivity index (χ1) is 10.1. The van der Waals surface area contributed by atoms with Crippen LogP contribution in [0.5, 0.6) is 5.75 Å². The highest BCUT2D eigenvalue weighted by Gasteiger charge is 2.14. The second kappa shape index (κ2) is 8.03. The number of carbonyl (C=O) groups is 1. The van der Waals surface area contributed by atoms with E-state index in [2.05, 4.69) is 5.32 Å². The van der Waals surface area contributed by atoms with Crippen LogP contribution in [0.25, 0.3) is 0 Å². The lowest BCUT2D eigenvalue weighted by Gasteiger charge is -2.23. The van der Waals surface area contributed by atoms with Gasteiger partial charge in [0.05, 0.1) is 6.10 Å². The molecule has 1 aliphatic rings. The van der Waals surface area contributed by atoms with Crippen LogP contribution in [0.15, 0.2) is 24.3 Å². The van der Waals surface area contributed by atoms with Crippen LogP contribution in [-0.4, -0.2) is 18.1 Å². The van der Waals surface area contributed by atoms with Gasteiger partial charge in [-0.25, -0.2) is 0 Å². The van der Waals surface area contributed by atoms with Gasteiger partial charge in [0.25, 0.3) is 0 Å². The molecule has 1 fully saturated rings. The van der Waals surface area contributed by atoms with Gasteiger partial charge < -0.3 is 15.8 Å². The van der Waals surface area contributed by atoms with Crippen molar-refractivity contribution in [2.75, 3.05) is 0 Å². The predicted molar refractivity (Wildman–Crippen MR) is 84.1 cm³/mol. The van der Waals surface area contributed by atoms with E-state index in [0.29, 0.717) is 19.1 Å².